The Balaban J connectivity index is 1.43. The van der Waals surface area contributed by atoms with Crippen LogP contribution in [0, 0.1) is 0 Å². The Morgan fingerprint density at radius 2 is 1.83 bits per heavy atom. The van der Waals surface area contributed by atoms with Crippen LogP contribution < -0.4 is 20.2 Å². The second-order valence-electron chi connectivity index (χ2n) is 6.22. The Hall–Kier alpha value is -3.65. The predicted octanol–water partition coefficient (Wildman–Crippen LogP) is 3.88. The van der Waals surface area contributed by atoms with Crippen LogP contribution in [-0.4, -0.2) is 24.3 Å². The average Bonchev–Trinajstić information content (AvgIpc) is 3.43. The first-order valence-corrected chi connectivity index (χ1v) is 9.68. The molecule has 0 atom stereocenters. The van der Waals surface area contributed by atoms with Crippen LogP contribution in [0.4, 0.5) is 5.69 Å². The van der Waals surface area contributed by atoms with Crippen LogP contribution in [0.1, 0.15) is 32.5 Å². The van der Waals surface area contributed by atoms with E-state index in [0.717, 1.165) is 5.56 Å². The number of anilines is 1. The number of rotatable bonds is 5. The van der Waals surface area contributed by atoms with Crippen molar-refractivity contribution in [1.82, 2.24) is 5.43 Å². The molecule has 0 fully saturated rings. The number of nitrogens with one attached hydrogen (secondary N) is 2. The zero-order valence-corrected chi connectivity index (χ0v) is 16.3. The van der Waals surface area contributed by atoms with Gasteiger partial charge in [-0.2, -0.15) is 5.10 Å². The second-order valence-corrected chi connectivity index (χ2v) is 7.17. The summed E-state index contributed by atoms with van der Waals surface area (Å²) < 4.78 is 10.5. The van der Waals surface area contributed by atoms with E-state index < -0.39 is 0 Å². The fraction of sp³-hybridized carbons (Fsp3) is 0.0952. The number of carbonyl (C=O) groups excluding carboxylic acids is 2. The summed E-state index contributed by atoms with van der Waals surface area (Å²) in [4.78, 5) is 25.2. The molecule has 0 aliphatic carbocycles. The lowest BCUT2D eigenvalue weighted by Crippen LogP contribution is -2.19. The van der Waals surface area contributed by atoms with Crippen LogP contribution in [0.15, 0.2) is 65.1 Å². The van der Waals surface area contributed by atoms with Gasteiger partial charge in [0.25, 0.3) is 11.8 Å². The van der Waals surface area contributed by atoms with Crippen LogP contribution in [-0.2, 0) is 0 Å². The van der Waals surface area contributed by atoms with Crippen molar-refractivity contribution in [3.05, 3.63) is 76.0 Å². The average molecular weight is 407 g/mol. The van der Waals surface area contributed by atoms with Gasteiger partial charge in [-0.15, -0.1) is 11.3 Å². The summed E-state index contributed by atoms with van der Waals surface area (Å²) in [5.74, 6) is 0.628. The van der Waals surface area contributed by atoms with Gasteiger partial charge < -0.3 is 14.8 Å². The van der Waals surface area contributed by atoms with Gasteiger partial charge in [-0.25, -0.2) is 5.43 Å². The molecule has 146 valence electrons. The lowest BCUT2D eigenvalue weighted by Gasteiger charge is -2.07. The third-order valence-electron chi connectivity index (χ3n) is 4.24. The minimum atomic E-state index is -0.357. The summed E-state index contributed by atoms with van der Waals surface area (Å²) >= 11 is 1.38. The normalized spacial score (nSPS) is 12.5. The molecule has 0 spiro atoms. The number of carbonyl (C=O) groups is 2. The van der Waals surface area contributed by atoms with Crippen molar-refractivity contribution < 1.29 is 19.1 Å². The Morgan fingerprint density at radius 1 is 0.966 bits per heavy atom. The van der Waals surface area contributed by atoms with Gasteiger partial charge in [-0.3, -0.25) is 9.59 Å². The number of amides is 2. The molecule has 0 saturated heterocycles. The standard InChI is InChI=1S/C21H17N3O4S/c1-13(23-24-20(25)15-7-8-17-18(11-15)28-12-27-17)14-4-2-5-16(10-14)22-21(26)19-6-3-9-29-19/h2-11H,12H2,1H3,(H,22,26)(H,24,25)/b23-13-. The first-order chi connectivity index (χ1) is 14.1. The van der Waals surface area contributed by atoms with E-state index in [1.54, 1.807) is 43.3 Å². The zero-order chi connectivity index (χ0) is 20.2. The highest BCUT2D eigenvalue weighted by atomic mass is 32.1. The summed E-state index contributed by atoms with van der Waals surface area (Å²) in [6.07, 6.45) is 0. The van der Waals surface area contributed by atoms with Gasteiger partial charge in [-0.1, -0.05) is 18.2 Å². The van der Waals surface area contributed by atoms with E-state index >= 15 is 0 Å². The molecule has 1 aliphatic heterocycles. The molecule has 8 heteroatoms. The molecule has 2 N–H and O–H groups in total. The SMILES string of the molecule is C/C(=N/NC(=O)c1ccc2c(c1)OCO2)c1cccc(NC(=O)c2cccs2)c1. The van der Waals surface area contributed by atoms with E-state index in [9.17, 15) is 9.59 Å². The molecule has 1 aromatic heterocycles. The third-order valence-corrected chi connectivity index (χ3v) is 5.11. The summed E-state index contributed by atoms with van der Waals surface area (Å²) in [5, 5.41) is 8.88. The molecule has 0 saturated carbocycles. The van der Waals surface area contributed by atoms with E-state index in [1.165, 1.54) is 11.3 Å². The van der Waals surface area contributed by atoms with E-state index in [1.807, 2.05) is 23.6 Å². The topological polar surface area (TPSA) is 89.0 Å². The van der Waals surface area contributed by atoms with Crippen LogP contribution in [0.3, 0.4) is 0 Å². The molecular weight excluding hydrogens is 390 g/mol. The highest BCUT2D eigenvalue weighted by molar-refractivity contribution is 7.12. The van der Waals surface area contributed by atoms with Crippen molar-refractivity contribution >= 4 is 34.6 Å². The van der Waals surface area contributed by atoms with Crippen molar-refractivity contribution in [2.45, 2.75) is 6.92 Å². The first kappa shape index (κ1) is 18.7. The first-order valence-electron chi connectivity index (χ1n) is 8.80. The maximum atomic E-state index is 12.4. The minimum absolute atomic E-state index is 0.150. The van der Waals surface area contributed by atoms with Crippen LogP contribution >= 0.6 is 11.3 Å². The van der Waals surface area contributed by atoms with Gasteiger partial charge in [0.05, 0.1) is 10.6 Å². The monoisotopic (exact) mass is 407 g/mol. The highest BCUT2D eigenvalue weighted by Gasteiger charge is 2.16. The second kappa shape index (κ2) is 8.15. The molecule has 0 radical (unpaired) electrons. The van der Waals surface area contributed by atoms with Crippen molar-refractivity contribution in [2.24, 2.45) is 5.10 Å². The smallest absolute Gasteiger partial charge is 0.271 e. The maximum Gasteiger partial charge on any atom is 0.271 e. The number of hydrazone groups is 1. The number of nitrogens with zero attached hydrogens (tertiary/aromatic N) is 1. The van der Waals surface area contributed by atoms with Gasteiger partial charge in [0.15, 0.2) is 11.5 Å². The summed E-state index contributed by atoms with van der Waals surface area (Å²) in [6.45, 7) is 1.93. The quantitative estimate of drug-likeness (QED) is 0.496. The molecule has 4 rings (SSSR count). The molecule has 0 bridgehead atoms. The van der Waals surface area contributed by atoms with E-state index in [0.29, 0.717) is 33.3 Å². The van der Waals surface area contributed by atoms with Gasteiger partial charge in [-0.05, 0) is 54.3 Å². The molecular formula is C21H17N3O4S. The fourth-order valence-electron chi connectivity index (χ4n) is 2.72. The molecule has 7 nitrogen and oxygen atoms in total. The fourth-order valence-corrected chi connectivity index (χ4v) is 3.34. The number of benzene rings is 2. The molecule has 29 heavy (non-hydrogen) atoms. The number of fused-ring (bicyclic) bond motifs is 1. The summed E-state index contributed by atoms with van der Waals surface area (Å²) in [6, 6.07) is 15.8. The Morgan fingerprint density at radius 3 is 2.66 bits per heavy atom. The lowest BCUT2D eigenvalue weighted by molar-refractivity contribution is 0.0953. The number of ether oxygens (including phenoxy) is 2. The zero-order valence-electron chi connectivity index (χ0n) is 15.5. The number of hydrogen-bond acceptors (Lipinski definition) is 6. The van der Waals surface area contributed by atoms with Gasteiger partial charge in [0, 0.05) is 11.3 Å². The Bertz CT molecular complexity index is 1090. The van der Waals surface area contributed by atoms with E-state index in [2.05, 4.69) is 15.8 Å². The molecule has 3 aromatic rings. The lowest BCUT2D eigenvalue weighted by atomic mass is 10.1. The largest absolute Gasteiger partial charge is 0.454 e. The van der Waals surface area contributed by atoms with Crippen molar-refractivity contribution in [1.29, 1.82) is 0 Å². The van der Waals surface area contributed by atoms with Crippen LogP contribution in [0.5, 0.6) is 11.5 Å². The van der Waals surface area contributed by atoms with Crippen LogP contribution in [0.2, 0.25) is 0 Å². The number of thiophene rings is 1. The third kappa shape index (κ3) is 4.27. The summed E-state index contributed by atoms with van der Waals surface area (Å²) in [5.41, 5.74) is 4.99. The summed E-state index contributed by atoms with van der Waals surface area (Å²) in [7, 11) is 0. The maximum absolute atomic E-state index is 12.4. The van der Waals surface area contributed by atoms with E-state index in [4.69, 9.17) is 9.47 Å². The number of hydrogen-bond donors (Lipinski definition) is 2. The van der Waals surface area contributed by atoms with Crippen molar-refractivity contribution in [3.63, 3.8) is 0 Å². The highest BCUT2D eigenvalue weighted by Crippen LogP contribution is 2.32. The molecule has 2 aromatic carbocycles. The van der Waals surface area contributed by atoms with E-state index in [-0.39, 0.29) is 18.6 Å². The molecule has 1 aliphatic rings. The van der Waals surface area contributed by atoms with Gasteiger partial charge >= 0.3 is 0 Å². The van der Waals surface area contributed by atoms with Crippen molar-refractivity contribution in [3.8, 4) is 11.5 Å². The van der Waals surface area contributed by atoms with Crippen molar-refractivity contribution in [2.75, 3.05) is 12.1 Å². The van der Waals surface area contributed by atoms with Crippen LogP contribution in [0.25, 0.3) is 0 Å². The van der Waals surface area contributed by atoms with Gasteiger partial charge in [0.2, 0.25) is 6.79 Å². The van der Waals surface area contributed by atoms with Gasteiger partial charge in [0.1, 0.15) is 0 Å². The molecule has 0 unspecified atom stereocenters. The Kier molecular flexibility index (Phi) is 5.26. The Labute approximate surface area is 171 Å². The minimum Gasteiger partial charge on any atom is -0.454 e. The molecule has 2 amide bonds. The molecule has 2 heterocycles. The predicted molar refractivity (Wildman–Crippen MR) is 111 cm³/mol.